The molecule has 0 radical (unpaired) electrons. The molecule has 6 heteroatoms. The average molecular weight is 338 g/mol. The number of H-pyrrole nitrogens is 1. The Morgan fingerprint density at radius 1 is 1.32 bits per heavy atom. The first-order valence-corrected chi connectivity index (χ1v) is 8.77. The van der Waals surface area contributed by atoms with Gasteiger partial charge in [0.1, 0.15) is 5.82 Å². The first-order chi connectivity index (χ1) is 12.3. The molecule has 0 amide bonds. The van der Waals surface area contributed by atoms with Gasteiger partial charge in [-0.2, -0.15) is 0 Å². The van der Waals surface area contributed by atoms with Crippen LogP contribution in [-0.2, 0) is 4.74 Å². The van der Waals surface area contributed by atoms with Gasteiger partial charge >= 0.3 is 0 Å². The van der Waals surface area contributed by atoms with Crippen molar-refractivity contribution in [3.8, 4) is 11.4 Å². The van der Waals surface area contributed by atoms with Crippen LogP contribution >= 0.6 is 0 Å². The first kappa shape index (κ1) is 16.2. The minimum Gasteiger partial charge on any atom is -0.377 e. The number of hydrogen-bond acceptors (Lipinski definition) is 5. The highest BCUT2D eigenvalue weighted by molar-refractivity contribution is 5.53. The zero-order valence-corrected chi connectivity index (χ0v) is 14.1. The second-order valence-electron chi connectivity index (χ2n) is 6.68. The van der Waals surface area contributed by atoms with Gasteiger partial charge in [0.05, 0.1) is 18.9 Å². The standard InChI is InChI=1S/C19H22N4O2/c24-18-10-17(21-19(22-18)15-3-6-20-7-4-15)16-5-8-23(12-16)11-14-2-1-9-25-13-14/h2-4,6-7,10,16H,1,5,8-9,11-13H2,(H,21,22,24)/t16-/m1/s1. The van der Waals surface area contributed by atoms with E-state index in [0.717, 1.165) is 56.9 Å². The molecule has 0 aliphatic carbocycles. The van der Waals surface area contributed by atoms with Crippen molar-refractivity contribution in [3.05, 3.63) is 58.3 Å². The van der Waals surface area contributed by atoms with E-state index >= 15 is 0 Å². The Hall–Kier alpha value is -2.31. The molecule has 2 aliphatic heterocycles. The molecular weight excluding hydrogens is 316 g/mol. The fraction of sp³-hybridized carbons (Fsp3) is 0.421. The van der Waals surface area contributed by atoms with Crippen molar-refractivity contribution in [1.29, 1.82) is 0 Å². The fourth-order valence-electron chi connectivity index (χ4n) is 3.56. The van der Waals surface area contributed by atoms with Gasteiger partial charge in [-0.1, -0.05) is 6.08 Å². The van der Waals surface area contributed by atoms with E-state index in [1.807, 2.05) is 12.1 Å². The molecule has 0 bridgehead atoms. The van der Waals surface area contributed by atoms with Crippen LogP contribution in [0.25, 0.3) is 11.4 Å². The number of hydrogen-bond donors (Lipinski definition) is 1. The van der Waals surface area contributed by atoms with Crippen LogP contribution in [0.5, 0.6) is 0 Å². The number of ether oxygens (including phenoxy) is 1. The molecule has 0 spiro atoms. The third-order valence-electron chi connectivity index (χ3n) is 4.82. The van der Waals surface area contributed by atoms with E-state index < -0.39 is 0 Å². The molecule has 4 heterocycles. The van der Waals surface area contributed by atoms with E-state index in [-0.39, 0.29) is 5.56 Å². The molecule has 0 saturated carbocycles. The van der Waals surface area contributed by atoms with Gasteiger partial charge in [0.15, 0.2) is 0 Å². The van der Waals surface area contributed by atoms with Gasteiger partial charge in [-0.3, -0.25) is 14.7 Å². The predicted molar refractivity (Wildman–Crippen MR) is 95.4 cm³/mol. The molecule has 1 atom stereocenters. The highest BCUT2D eigenvalue weighted by atomic mass is 16.5. The smallest absolute Gasteiger partial charge is 0.251 e. The van der Waals surface area contributed by atoms with Crippen molar-refractivity contribution in [1.82, 2.24) is 19.9 Å². The molecular formula is C19H22N4O2. The van der Waals surface area contributed by atoms with Crippen LogP contribution in [0.2, 0.25) is 0 Å². The minimum atomic E-state index is -0.0985. The maximum atomic E-state index is 12.1. The molecule has 1 N–H and O–H groups in total. The highest BCUT2D eigenvalue weighted by Crippen LogP contribution is 2.27. The van der Waals surface area contributed by atoms with Crippen molar-refractivity contribution in [2.75, 3.05) is 32.8 Å². The summed E-state index contributed by atoms with van der Waals surface area (Å²) in [6.07, 6.45) is 7.75. The van der Waals surface area contributed by atoms with Crippen molar-refractivity contribution in [2.45, 2.75) is 18.8 Å². The van der Waals surface area contributed by atoms with Gasteiger partial charge in [0, 0.05) is 43.0 Å². The van der Waals surface area contributed by atoms with E-state index in [9.17, 15) is 4.79 Å². The van der Waals surface area contributed by atoms with Crippen molar-refractivity contribution < 1.29 is 4.74 Å². The maximum Gasteiger partial charge on any atom is 0.251 e. The molecule has 1 fully saturated rings. The summed E-state index contributed by atoms with van der Waals surface area (Å²) in [7, 11) is 0. The van der Waals surface area contributed by atoms with Crippen molar-refractivity contribution in [3.63, 3.8) is 0 Å². The summed E-state index contributed by atoms with van der Waals surface area (Å²) in [6, 6.07) is 5.36. The lowest BCUT2D eigenvalue weighted by Crippen LogP contribution is -2.26. The fourth-order valence-corrected chi connectivity index (χ4v) is 3.56. The molecule has 2 aliphatic rings. The van der Waals surface area contributed by atoms with E-state index in [1.54, 1.807) is 18.5 Å². The van der Waals surface area contributed by atoms with E-state index in [4.69, 9.17) is 9.72 Å². The third kappa shape index (κ3) is 3.86. The lowest BCUT2D eigenvalue weighted by atomic mass is 10.0. The van der Waals surface area contributed by atoms with Crippen LogP contribution < -0.4 is 5.56 Å². The molecule has 6 nitrogen and oxygen atoms in total. The van der Waals surface area contributed by atoms with Crippen LogP contribution in [0.4, 0.5) is 0 Å². The molecule has 130 valence electrons. The van der Waals surface area contributed by atoms with Crippen LogP contribution in [0.3, 0.4) is 0 Å². The Kier molecular flexibility index (Phi) is 4.72. The zero-order valence-electron chi connectivity index (χ0n) is 14.1. The second-order valence-corrected chi connectivity index (χ2v) is 6.68. The van der Waals surface area contributed by atoms with E-state index in [0.29, 0.717) is 11.7 Å². The Morgan fingerprint density at radius 3 is 3.00 bits per heavy atom. The van der Waals surface area contributed by atoms with Crippen molar-refractivity contribution >= 4 is 0 Å². The summed E-state index contributed by atoms with van der Waals surface area (Å²) in [5.74, 6) is 0.916. The van der Waals surface area contributed by atoms with Crippen LogP contribution in [0.15, 0.2) is 47.0 Å². The topological polar surface area (TPSA) is 71.1 Å². The molecule has 2 aromatic rings. The largest absolute Gasteiger partial charge is 0.377 e. The number of rotatable bonds is 4. The first-order valence-electron chi connectivity index (χ1n) is 8.77. The quantitative estimate of drug-likeness (QED) is 0.863. The lowest BCUT2D eigenvalue weighted by molar-refractivity contribution is 0.144. The van der Waals surface area contributed by atoms with Crippen LogP contribution in [0, 0.1) is 0 Å². The summed E-state index contributed by atoms with van der Waals surface area (Å²) >= 11 is 0. The molecule has 0 unspecified atom stereocenters. The van der Waals surface area contributed by atoms with E-state index in [1.165, 1.54) is 5.57 Å². The lowest BCUT2D eigenvalue weighted by Gasteiger charge is -2.20. The zero-order chi connectivity index (χ0) is 17.1. The van der Waals surface area contributed by atoms with Gasteiger partial charge in [-0.05, 0) is 37.1 Å². The SMILES string of the molecule is O=c1cc([C@@H]2CCN(CC3=CCCOC3)C2)nc(-c2ccncc2)[nH]1. The van der Waals surface area contributed by atoms with Crippen LogP contribution in [-0.4, -0.2) is 52.7 Å². The minimum absolute atomic E-state index is 0.0985. The van der Waals surface area contributed by atoms with Gasteiger partial charge in [0.25, 0.3) is 5.56 Å². The van der Waals surface area contributed by atoms with Crippen molar-refractivity contribution in [2.24, 2.45) is 0 Å². The van der Waals surface area contributed by atoms with Crippen LogP contribution in [0.1, 0.15) is 24.5 Å². The molecule has 1 saturated heterocycles. The van der Waals surface area contributed by atoms with Gasteiger partial charge < -0.3 is 9.72 Å². The molecule has 25 heavy (non-hydrogen) atoms. The maximum absolute atomic E-state index is 12.1. The number of likely N-dealkylation sites (tertiary alicyclic amines) is 1. The summed E-state index contributed by atoms with van der Waals surface area (Å²) in [5, 5.41) is 0. The predicted octanol–water partition coefficient (Wildman–Crippen LogP) is 1.97. The number of aromatic amines is 1. The average Bonchev–Trinajstić information content (AvgIpc) is 3.11. The van der Waals surface area contributed by atoms with Gasteiger partial charge in [-0.25, -0.2) is 4.98 Å². The van der Waals surface area contributed by atoms with Gasteiger partial charge in [0.2, 0.25) is 0 Å². The molecule has 0 aromatic carbocycles. The highest BCUT2D eigenvalue weighted by Gasteiger charge is 2.26. The Bertz CT molecular complexity index is 816. The Morgan fingerprint density at radius 2 is 2.20 bits per heavy atom. The number of aromatic nitrogens is 3. The van der Waals surface area contributed by atoms with E-state index in [2.05, 4.69) is 20.9 Å². The third-order valence-corrected chi connectivity index (χ3v) is 4.82. The second kappa shape index (κ2) is 7.29. The normalized spacial score (nSPS) is 21.3. The number of nitrogens with zero attached hydrogens (tertiary/aromatic N) is 3. The van der Waals surface area contributed by atoms with Gasteiger partial charge in [-0.15, -0.1) is 0 Å². The monoisotopic (exact) mass is 338 g/mol. The molecule has 4 rings (SSSR count). The Balaban J connectivity index is 1.50. The number of pyridine rings is 1. The Labute approximate surface area is 146 Å². The summed E-state index contributed by atoms with van der Waals surface area (Å²) in [6.45, 7) is 4.50. The summed E-state index contributed by atoms with van der Waals surface area (Å²) in [5.41, 5.74) is 3.03. The summed E-state index contributed by atoms with van der Waals surface area (Å²) < 4.78 is 5.53. The number of nitrogens with one attached hydrogen (secondary N) is 1. The molecule has 2 aromatic heterocycles. The summed E-state index contributed by atoms with van der Waals surface area (Å²) in [4.78, 5) is 26.1.